The van der Waals surface area contributed by atoms with Crippen molar-refractivity contribution in [2.24, 2.45) is 0 Å². The molecule has 0 unspecified atom stereocenters. The molecular formula is C7H5BrO2S. The van der Waals surface area contributed by atoms with E-state index in [4.69, 9.17) is 4.74 Å². The van der Waals surface area contributed by atoms with Gasteiger partial charge in [0.25, 0.3) is 0 Å². The molecule has 2 nitrogen and oxygen atoms in total. The Balaban J connectivity index is 2.52. The monoisotopic (exact) mass is 232 g/mol. The highest BCUT2D eigenvalue weighted by Crippen LogP contribution is 2.36. The lowest BCUT2D eigenvalue weighted by atomic mass is 10.1. The Labute approximate surface area is 76.3 Å². The Hall–Kier alpha value is -0.350. The van der Waals surface area contributed by atoms with Gasteiger partial charge in [0.05, 0.1) is 16.0 Å². The molecule has 11 heavy (non-hydrogen) atoms. The molecule has 0 spiro atoms. The third-order valence-electron chi connectivity index (χ3n) is 1.53. The second kappa shape index (κ2) is 2.60. The van der Waals surface area contributed by atoms with Crippen LogP contribution in [0.3, 0.4) is 0 Å². The number of hydrogen-bond acceptors (Lipinski definition) is 3. The summed E-state index contributed by atoms with van der Waals surface area (Å²) in [5.74, 6) is 0.188. The predicted molar refractivity (Wildman–Crippen MR) is 46.5 cm³/mol. The van der Waals surface area contributed by atoms with E-state index in [9.17, 15) is 4.79 Å². The van der Waals surface area contributed by atoms with E-state index in [1.165, 1.54) is 11.3 Å². The summed E-state index contributed by atoms with van der Waals surface area (Å²) in [6, 6.07) is 1.82. The minimum Gasteiger partial charge on any atom is -0.483 e. The summed E-state index contributed by atoms with van der Waals surface area (Å²) >= 11 is 4.77. The van der Waals surface area contributed by atoms with E-state index in [-0.39, 0.29) is 5.78 Å². The van der Waals surface area contributed by atoms with E-state index in [1.54, 1.807) is 0 Å². The van der Waals surface area contributed by atoms with Crippen LogP contribution < -0.4 is 4.74 Å². The van der Waals surface area contributed by atoms with Gasteiger partial charge in [0.15, 0.2) is 10.8 Å². The Morgan fingerprint density at radius 3 is 3.18 bits per heavy atom. The van der Waals surface area contributed by atoms with Crippen LogP contribution in [0.4, 0.5) is 0 Å². The number of thiophene rings is 1. The summed E-state index contributed by atoms with van der Waals surface area (Å²) in [4.78, 5) is 11.2. The zero-order valence-electron chi connectivity index (χ0n) is 5.59. The average molecular weight is 233 g/mol. The molecule has 1 aliphatic heterocycles. The molecule has 0 aliphatic carbocycles. The first kappa shape index (κ1) is 7.31. The van der Waals surface area contributed by atoms with Gasteiger partial charge in [-0.15, -0.1) is 0 Å². The van der Waals surface area contributed by atoms with E-state index in [0.29, 0.717) is 13.0 Å². The average Bonchev–Trinajstić information content (AvgIpc) is 2.31. The van der Waals surface area contributed by atoms with Crippen molar-refractivity contribution in [3.63, 3.8) is 0 Å². The molecule has 0 atom stereocenters. The Morgan fingerprint density at radius 2 is 2.45 bits per heavy atom. The van der Waals surface area contributed by atoms with Gasteiger partial charge in [0.2, 0.25) is 0 Å². The second-order valence-electron chi connectivity index (χ2n) is 2.27. The molecule has 1 aromatic rings. The lowest BCUT2D eigenvalue weighted by Crippen LogP contribution is -2.12. The van der Waals surface area contributed by atoms with Crippen molar-refractivity contribution in [1.29, 1.82) is 0 Å². The van der Waals surface area contributed by atoms with Crippen molar-refractivity contribution in [3.8, 4) is 5.06 Å². The Morgan fingerprint density at radius 1 is 1.64 bits per heavy atom. The largest absolute Gasteiger partial charge is 0.483 e. The molecular weight excluding hydrogens is 228 g/mol. The first-order valence-corrected chi connectivity index (χ1v) is 4.83. The van der Waals surface area contributed by atoms with E-state index in [1.807, 2.05) is 6.07 Å². The number of Topliss-reactive ketones (excluding diaryl/α,β-unsaturated/α-hetero) is 1. The van der Waals surface area contributed by atoms with Gasteiger partial charge >= 0.3 is 0 Å². The van der Waals surface area contributed by atoms with Crippen LogP contribution in [-0.4, -0.2) is 12.4 Å². The molecule has 0 radical (unpaired) electrons. The summed E-state index contributed by atoms with van der Waals surface area (Å²) in [5.41, 5.74) is 0.730. The standard InChI is InChI=1S/C7H5BrO2S/c8-6-3-4-5(9)1-2-10-7(4)11-6/h3H,1-2H2. The van der Waals surface area contributed by atoms with Gasteiger partial charge in [0, 0.05) is 6.42 Å². The van der Waals surface area contributed by atoms with Crippen molar-refractivity contribution >= 4 is 33.0 Å². The maximum Gasteiger partial charge on any atom is 0.185 e. The summed E-state index contributed by atoms with van der Waals surface area (Å²) in [7, 11) is 0. The fourth-order valence-corrected chi connectivity index (χ4v) is 2.47. The number of halogens is 1. The van der Waals surface area contributed by atoms with Gasteiger partial charge < -0.3 is 4.74 Å². The molecule has 0 N–H and O–H groups in total. The molecule has 1 aliphatic rings. The van der Waals surface area contributed by atoms with Gasteiger partial charge in [-0.05, 0) is 22.0 Å². The first-order chi connectivity index (χ1) is 5.27. The van der Waals surface area contributed by atoms with Gasteiger partial charge in [-0.25, -0.2) is 0 Å². The van der Waals surface area contributed by atoms with Crippen LogP contribution in [0.5, 0.6) is 5.06 Å². The van der Waals surface area contributed by atoms with Crippen LogP contribution in [-0.2, 0) is 0 Å². The Kier molecular flexibility index (Phi) is 1.73. The zero-order valence-corrected chi connectivity index (χ0v) is 8.00. The molecule has 4 heteroatoms. The smallest absolute Gasteiger partial charge is 0.185 e. The number of ketones is 1. The number of fused-ring (bicyclic) bond motifs is 1. The molecule has 1 aromatic heterocycles. The molecule has 0 amide bonds. The topological polar surface area (TPSA) is 26.3 Å². The maximum absolute atomic E-state index is 11.2. The quantitative estimate of drug-likeness (QED) is 0.688. The van der Waals surface area contributed by atoms with Crippen molar-refractivity contribution in [1.82, 2.24) is 0 Å². The lowest BCUT2D eigenvalue weighted by Gasteiger charge is -2.10. The van der Waals surface area contributed by atoms with E-state index in [2.05, 4.69) is 15.9 Å². The fraction of sp³-hybridized carbons (Fsp3) is 0.286. The zero-order chi connectivity index (χ0) is 7.84. The van der Waals surface area contributed by atoms with Crippen LogP contribution in [0, 0.1) is 0 Å². The van der Waals surface area contributed by atoms with Gasteiger partial charge in [-0.1, -0.05) is 11.3 Å². The minimum absolute atomic E-state index is 0.188. The molecule has 2 heterocycles. The number of carbonyl (C=O) groups is 1. The third-order valence-corrected chi connectivity index (χ3v) is 3.08. The van der Waals surface area contributed by atoms with Crippen LogP contribution in [0.2, 0.25) is 0 Å². The molecule has 2 rings (SSSR count). The minimum atomic E-state index is 0.188. The fourth-order valence-electron chi connectivity index (χ4n) is 1.02. The van der Waals surface area contributed by atoms with Crippen LogP contribution in [0.15, 0.2) is 9.85 Å². The number of ether oxygens (including phenoxy) is 1. The van der Waals surface area contributed by atoms with Gasteiger partial charge in [0.1, 0.15) is 0 Å². The molecule has 58 valence electrons. The molecule has 0 aromatic carbocycles. The maximum atomic E-state index is 11.2. The highest BCUT2D eigenvalue weighted by Gasteiger charge is 2.20. The summed E-state index contributed by atoms with van der Waals surface area (Å²) in [6.45, 7) is 0.527. The van der Waals surface area contributed by atoms with Gasteiger partial charge in [-0.2, -0.15) is 0 Å². The predicted octanol–water partition coefficient (Wildman–Crippen LogP) is 2.48. The van der Waals surface area contributed by atoms with E-state index < -0.39 is 0 Å². The third kappa shape index (κ3) is 1.20. The molecule has 0 saturated carbocycles. The summed E-state index contributed by atoms with van der Waals surface area (Å²) in [6.07, 6.45) is 0.510. The van der Waals surface area contributed by atoms with Crippen molar-refractivity contribution in [3.05, 3.63) is 15.4 Å². The van der Waals surface area contributed by atoms with Crippen molar-refractivity contribution in [2.45, 2.75) is 6.42 Å². The lowest BCUT2D eigenvalue weighted by molar-refractivity contribution is 0.0937. The molecule has 0 saturated heterocycles. The van der Waals surface area contributed by atoms with Gasteiger partial charge in [-0.3, -0.25) is 4.79 Å². The molecule has 0 fully saturated rings. The molecule has 0 bridgehead atoms. The van der Waals surface area contributed by atoms with E-state index >= 15 is 0 Å². The second-order valence-corrected chi connectivity index (χ2v) is 4.67. The highest BCUT2D eigenvalue weighted by molar-refractivity contribution is 9.11. The van der Waals surface area contributed by atoms with Crippen molar-refractivity contribution < 1.29 is 9.53 Å². The van der Waals surface area contributed by atoms with Crippen LogP contribution in [0.25, 0.3) is 0 Å². The number of carbonyl (C=O) groups excluding carboxylic acids is 1. The van der Waals surface area contributed by atoms with Crippen LogP contribution >= 0.6 is 27.3 Å². The normalized spacial score (nSPS) is 15.9. The summed E-state index contributed by atoms with van der Waals surface area (Å²) in [5, 5.41) is 0.758. The highest BCUT2D eigenvalue weighted by atomic mass is 79.9. The number of rotatable bonds is 0. The van der Waals surface area contributed by atoms with E-state index in [0.717, 1.165) is 14.4 Å². The van der Waals surface area contributed by atoms with Crippen LogP contribution in [0.1, 0.15) is 16.8 Å². The first-order valence-electron chi connectivity index (χ1n) is 3.23. The SMILES string of the molecule is O=C1CCOc2sc(Br)cc21. The Bertz CT molecular complexity index is 305. The summed E-state index contributed by atoms with van der Waals surface area (Å²) < 4.78 is 6.24. The van der Waals surface area contributed by atoms with Crippen molar-refractivity contribution in [2.75, 3.05) is 6.61 Å². The number of hydrogen-bond donors (Lipinski definition) is 0.